The Kier molecular flexibility index (Phi) is 7.78. The second-order valence-electron chi connectivity index (χ2n) is 7.71. The first kappa shape index (κ1) is 22.9. The molecule has 0 spiro atoms. The summed E-state index contributed by atoms with van der Waals surface area (Å²) < 4.78 is 6.98. The molecular formula is C21H25BrN4O5. The van der Waals surface area contributed by atoms with Gasteiger partial charge < -0.3 is 10.1 Å². The van der Waals surface area contributed by atoms with Crippen LogP contribution < -0.4 is 16.2 Å². The van der Waals surface area contributed by atoms with Crippen molar-refractivity contribution in [3.05, 3.63) is 39.4 Å². The highest BCUT2D eigenvalue weighted by atomic mass is 79.9. The van der Waals surface area contributed by atoms with Crippen LogP contribution in [-0.2, 0) is 20.9 Å². The molecule has 0 saturated heterocycles. The predicted octanol–water partition coefficient (Wildman–Crippen LogP) is 2.50. The van der Waals surface area contributed by atoms with Crippen LogP contribution in [0.25, 0.3) is 10.9 Å². The Balaban J connectivity index is 1.43. The van der Waals surface area contributed by atoms with E-state index in [0.717, 1.165) is 30.2 Å². The van der Waals surface area contributed by atoms with Gasteiger partial charge in [-0.2, -0.15) is 0 Å². The van der Waals surface area contributed by atoms with Gasteiger partial charge in [-0.15, -0.1) is 0 Å². The number of carbonyl (C=O) groups excluding carboxylic acids is 3. The van der Waals surface area contributed by atoms with Crippen LogP contribution in [0.3, 0.4) is 0 Å². The van der Waals surface area contributed by atoms with E-state index in [1.54, 1.807) is 18.2 Å². The smallest absolute Gasteiger partial charge is 0.321 e. The van der Waals surface area contributed by atoms with Crippen LogP contribution in [0.2, 0.25) is 0 Å². The molecule has 1 heterocycles. The van der Waals surface area contributed by atoms with E-state index in [1.807, 2.05) is 0 Å². The van der Waals surface area contributed by atoms with Gasteiger partial charge in [0, 0.05) is 17.1 Å². The monoisotopic (exact) mass is 492 g/mol. The Morgan fingerprint density at radius 2 is 2.03 bits per heavy atom. The zero-order valence-corrected chi connectivity index (χ0v) is 18.8. The number of hydrogen-bond donors (Lipinski definition) is 2. The number of aryl methyl sites for hydroxylation is 1. The first-order valence-corrected chi connectivity index (χ1v) is 11.0. The number of urea groups is 1. The van der Waals surface area contributed by atoms with Crippen LogP contribution in [0.1, 0.15) is 39.0 Å². The summed E-state index contributed by atoms with van der Waals surface area (Å²) in [6.45, 7) is 1.57. The molecule has 0 bridgehead atoms. The summed E-state index contributed by atoms with van der Waals surface area (Å²) in [5.41, 5.74) is 0.287. The molecule has 166 valence electrons. The zero-order valence-electron chi connectivity index (χ0n) is 17.2. The summed E-state index contributed by atoms with van der Waals surface area (Å²) in [5, 5.41) is 5.41. The molecule has 2 unspecified atom stereocenters. The number of rotatable bonds is 6. The molecule has 9 nitrogen and oxygen atoms in total. The largest absolute Gasteiger partial charge is 0.456 e. The highest BCUT2D eigenvalue weighted by molar-refractivity contribution is 9.10. The molecule has 3 rings (SSSR count). The number of hydrogen-bond acceptors (Lipinski definition) is 6. The molecule has 2 atom stereocenters. The molecule has 0 aliphatic heterocycles. The fourth-order valence-corrected chi connectivity index (χ4v) is 3.98. The van der Waals surface area contributed by atoms with Gasteiger partial charge in [-0.3, -0.25) is 24.3 Å². The van der Waals surface area contributed by atoms with Crippen LogP contribution >= 0.6 is 15.9 Å². The lowest BCUT2D eigenvalue weighted by Crippen LogP contribution is -2.48. The molecule has 2 aromatic rings. The summed E-state index contributed by atoms with van der Waals surface area (Å²) in [6.07, 6.45) is 5.39. The molecule has 3 amide bonds. The van der Waals surface area contributed by atoms with E-state index in [4.69, 9.17) is 4.74 Å². The van der Waals surface area contributed by atoms with Gasteiger partial charge in [0.1, 0.15) is 0 Å². The Labute approximate surface area is 187 Å². The zero-order chi connectivity index (χ0) is 22.4. The number of amides is 3. The molecular weight excluding hydrogens is 468 g/mol. The molecule has 1 fully saturated rings. The maximum absolute atomic E-state index is 12.5. The lowest BCUT2D eigenvalue weighted by atomic mass is 9.86. The number of imide groups is 1. The van der Waals surface area contributed by atoms with Crippen molar-refractivity contribution in [1.29, 1.82) is 0 Å². The number of esters is 1. The van der Waals surface area contributed by atoms with E-state index in [9.17, 15) is 19.2 Å². The third kappa shape index (κ3) is 6.36. The number of nitrogens with one attached hydrogen (secondary N) is 2. The van der Waals surface area contributed by atoms with Crippen LogP contribution in [0.15, 0.2) is 33.8 Å². The van der Waals surface area contributed by atoms with Crippen molar-refractivity contribution < 1.29 is 19.1 Å². The Morgan fingerprint density at radius 3 is 2.81 bits per heavy atom. The number of fused-ring (bicyclic) bond motifs is 1. The maximum atomic E-state index is 12.5. The number of carbonyl (C=O) groups is 3. The van der Waals surface area contributed by atoms with Crippen molar-refractivity contribution in [2.24, 2.45) is 5.92 Å². The summed E-state index contributed by atoms with van der Waals surface area (Å²) in [4.78, 5) is 52.5. The molecule has 1 saturated carbocycles. The lowest BCUT2D eigenvalue weighted by Gasteiger charge is -2.29. The lowest BCUT2D eigenvalue weighted by molar-refractivity contribution is -0.148. The Hall–Kier alpha value is -2.75. The average Bonchev–Trinajstić information content (AvgIpc) is 2.74. The second kappa shape index (κ2) is 10.5. The first-order chi connectivity index (χ1) is 14.8. The van der Waals surface area contributed by atoms with E-state index >= 15 is 0 Å². The van der Waals surface area contributed by atoms with Gasteiger partial charge in [-0.25, -0.2) is 9.78 Å². The van der Waals surface area contributed by atoms with Gasteiger partial charge in [0.25, 0.3) is 11.5 Å². The topological polar surface area (TPSA) is 119 Å². The molecule has 0 radical (unpaired) electrons. The molecule has 1 aromatic carbocycles. The van der Waals surface area contributed by atoms with E-state index in [2.05, 4.69) is 38.5 Å². The van der Waals surface area contributed by atoms with Crippen molar-refractivity contribution >= 4 is 44.7 Å². The Morgan fingerprint density at radius 1 is 1.26 bits per heavy atom. The SMILES string of the molecule is CC1CCCCC1NC(=O)NC(=O)COC(=O)CCn1cnc2ccc(Br)cc2c1=O. The maximum Gasteiger partial charge on any atom is 0.321 e. The van der Waals surface area contributed by atoms with Crippen LogP contribution in [0, 0.1) is 5.92 Å². The van der Waals surface area contributed by atoms with Crippen molar-refractivity contribution in [1.82, 2.24) is 20.2 Å². The van der Waals surface area contributed by atoms with E-state index in [-0.39, 0.29) is 24.6 Å². The highest BCUT2D eigenvalue weighted by Crippen LogP contribution is 2.23. The first-order valence-electron chi connectivity index (χ1n) is 10.2. The number of benzene rings is 1. The molecule has 31 heavy (non-hydrogen) atoms. The van der Waals surface area contributed by atoms with E-state index < -0.39 is 24.5 Å². The van der Waals surface area contributed by atoms with Crippen LogP contribution in [0.4, 0.5) is 4.79 Å². The van der Waals surface area contributed by atoms with Gasteiger partial charge in [0.2, 0.25) is 0 Å². The summed E-state index contributed by atoms with van der Waals surface area (Å²) in [7, 11) is 0. The fourth-order valence-electron chi connectivity index (χ4n) is 3.62. The van der Waals surface area contributed by atoms with Crippen molar-refractivity contribution in [3.8, 4) is 0 Å². The van der Waals surface area contributed by atoms with Gasteiger partial charge in [0.05, 0.1) is 23.7 Å². The number of ether oxygens (including phenoxy) is 1. The summed E-state index contributed by atoms with van der Waals surface area (Å²) in [6, 6.07) is 4.64. The molecule has 10 heteroatoms. The van der Waals surface area contributed by atoms with Gasteiger partial charge in [-0.05, 0) is 37.0 Å². The van der Waals surface area contributed by atoms with Crippen LogP contribution in [-0.4, -0.2) is 40.1 Å². The molecule has 1 aliphatic rings. The van der Waals surface area contributed by atoms with Crippen molar-refractivity contribution in [2.75, 3.05) is 6.61 Å². The van der Waals surface area contributed by atoms with E-state index in [0.29, 0.717) is 16.8 Å². The quantitative estimate of drug-likeness (QED) is 0.597. The van der Waals surface area contributed by atoms with Gasteiger partial charge in [0.15, 0.2) is 6.61 Å². The van der Waals surface area contributed by atoms with Gasteiger partial charge in [-0.1, -0.05) is 35.7 Å². The fraction of sp³-hybridized carbons (Fsp3) is 0.476. The number of nitrogens with zero attached hydrogens (tertiary/aromatic N) is 2. The summed E-state index contributed by atoms with van der Waals surface area (Å²) >= 11 is 3.32. The van der Waals surface area contributed by atoms with Crippen molar-refractivity contribution in [2.45, 2.75) is 51.6 Å². The third-order valence-electron chi connectivity index (χ3n) is 5.39. The van der Waals surface area contributed by atoms with E-state index in [1.165, 1.54) is 10.9 Å². The highest BCUT2D eigenvalue weighted by Gasteiger charge is 2.23. The average molecular weight is 493 g/mol. The standard InChI is InChI=1S/C21H25BrN4O5/c1-13-4-2-3-5-16(13)24-21(30)25-18(27)11-31-19(28)8-9-26-12-23-17-7-6-14(22)10-15(17)20(26)29/h6-7,10,12-13,16H,2-5,8-9,11H2,1H3,(H2,24,25,27,30). The number of aromatic nitrogens is 2. The molecule has 1 aliphatic carbocycles. The summed E-state index contributed by atoms with van der Waals surface area (Å²) in [5.74, 6) is -0.997. The molecule has 1 aromatic heterocycles. The minimum absolute atomic E-state index is 0.0404. The Bertz CT molecular complexity index is 1040. The third-order valence-corrected chi connectivity index (χ3v) is 5.88. The number of halogens is 1. The van der Waals surface area contributed by atoms with Gasteiger partial charge >= 0.3 is 12.0 Å². The predicted molar refractivity (Wildman–Crippen MR) is 117 cm³/mol. The van der Waals surface area contributed by atoms with Crippen LogP contribution in [0.5, 0.6) is 0 Å². The normalized spacial score (nSPS) is 18.4. The minimum atomic E-state index is -0.705. The van der Waals surface area contributed by atoms with Crippen molar-refractivity contribution in [3.63, 3.8) is 0 Å². The minimum Gasteiger partial charge on any atom is -0.456 e. The molecule has 2 N–H and O–H groups in total. The second-order valence-corrected chi connectivity index (χ2v) is 8.62.